The maximum atomic E-state index is 5.31. The monoisotopic (exact) mass is 215 g/mol. The second-order valence-corrected chi connectivity index (χ2v) is 3.83. The largest absolute Gasteiger partial charge is 0.378 e. The summed E-state index contributed by atoms with van der Waals surface area (Å²) in [5, 5.41) is 1.08. The molecule has 16 heavy (non-hydrogen) atoms. The van der Waals surface area contributed by atoms with E-state index in [9.17, 15) is 0 Å². The molecule has 1 aliphatic heterocycles. The third kappa shape index (κ3) is 1.72. The predicted octanol–water partition coefficient (Wildman–Crippen LogP) is 1.47. The van der Waals surface area contributed by atoms with Crippen molar-refractivity contribution in [1.82, 2.24) is 9.97 Å². The number of anilines is 1. The lowest BCUT2D eigenvalue weighted by atomic mass is 10.2. The number of morpholine rings is 1. The van der Waals surface area contributed by atoms with Gasteiger partial charge in [-0.15, -0.1) is 0 Å². The highest BCUT2D eigenvalue weighted by Gasteiger charge is 2.13. The lowest BCUT2D eigenvalue weighted by molar-refractivity contribution is 0.122. The van der Waals surface area contributed by atoms with Gasteiger partial charge in [0.15, 0.2) is 0 Å². The van der Waals surface area contributed by atoms with E-state index in [0.29, 0.717) is 0 Å². The molecule has 0 spiro atoms. The van der Waals surface area contributed by atoms with Gasteiger partial charge in [-0.3, -0.25) is 0 Å². The van der Waals surface area contributed by atoms with Crippen LogP contribution in [0.2, 0.25) is 0 Å². The molecule has 0 saturated carbocycles. The Morgan fingerprint density at radius 1 is 1.12 bits per heavy atom. The van der Waals surface area contributed by atoms with Crippen molar-refractivity contribution in [3.8, 4) is 0 Å². The normalized spacial score (nSPS) is 16.6. The lowest BCUT2D eigenvalue weighted by Crippen LogP contribution is -2.37. The predicted molar refractivity (Wildman–Crippen MR) is 62.6 cm³/mol. The van der Waals surface area contributed by atoms with Gasteiger partial charge in [-0.1, -0.05) is 18.2 Å². The fourth-order valence-electron chi connectivity index (χ4n) is 1.88. The number of fused-ring (bicyclic) bond motifs is 1. The van der Waals surface area contributed by atoms with Crippen LogP contribution in [0, 0.1) is 0 Å². The summed E-state index contributed by atoms with van der Waals surface area (Å²) in [7, 11) is 0. The number of ether oxygens (including phenoxy) is 1. The van der Waals surface area contributed by atoms with E-state index in [1.54, 1.807) is 0 Å². The van der Waals surface area contributed by atoms with Crippen LogP contribution in [-0.4, -0.2) is 36.3 Å². The molecule has 1 aliphatic rings. The molecule has 0 amide bonds. The minimum atomic E-state index is 0.760. The Hall–Kier alpha value is -1.68. The van der Waals surface area contributed by atoms with Crippen LogP contribution in [0.15, 0.2) is 30.5 Å². The van der Waals surface area contributed by atoms with Crippen LogP contribution in [0.1, 0.15) is 0 Å². The Morgan fingerprint density at radius 3 is 2.81 bits per heavy atom. The molecule has 0 N–H and O–H groups in total. The van der Waals surface area contributed by atoms with E-state index in [-0.39, 0.29) is 0 Å². The van der Waals surface area contributed by atoms with Crippen molar-refractivity contribution >= 4 is 16.9 Å². The first-order chi connectivity index (χ1) is 7.93. The zero-order valence-electron chi connectivity index (χ0n) is 8.97. The van der Waals surface area contributed by atoms with Crippen molar-refractivity contribution in [2.24, 2.45) is 0 Å². The van der Waals surface area contributed by atoms with Gasteiger partial charge in [-0.05, 0) is 6.07 Å². The van der Waals surface area contributed by atoms with Crippen molar-refractivity contribution in [3.05, 3.63) is 30.5 Å². The van der Waals surface area contributed by atoms with E-state index >= 15 is 0 Å². The van der Waals surface area contributed by atoms with Crippen molar-refractivity contribution in [2.45, 2.75) is 0 Å². The maximum Gasteiger partial charge on any atom is 0.226 e. The quantitative estimate of drug-likeness (QED) is 0.722. The summed E-state index contributed by atoms with van der Waals surface area (Å²) >= 11 is 0. The van der Waals surface area contributed by atoms with Gasteiger partial charge >= 0.3 is 0 Å². The van der Waals surface area contributed by atoms with E-state index in [4.69, 9.17) is 4.74 Å². The van der Waals surface area contributed by atoms with Crippen LogP contribution in [-0.2, 0) is 4.74 Å². The first-order valence-electron chi connectivity index (χ1n) is 5.48. The Kier molecular flexibility index (Phi) is 2.42. The summed E-state index contributed by atoms with van der Waals surface area (Å²) in [6, 6.07) is 8.04. The fraction of sp³-hybridized carbons (Fsp3) is 0.333. The summed E-state index contributed by atoms with van der Waals surface area (Å²) < 4.78 is 5.31. The van der Waals surface area contributed by atoms with Crippen LogP contribution in [0.3, 0.4) is 0 Å². The van der Waals surface area contributed by atoms with E-state index in [1.807, 2.05) is 30.5 Å². The molecule has 2 heterocycles. The van der Waals surface area contributed by atoms with Crippen molar-refractivity contribution < 1.29 is 4.74 Å². The van der Waals surface area contributed by atoms with E-state index in [1.165, 1.54) is 0 Å². The van der Waals surface area contributed by atoms with Gasteiger partial charge in [0.05, 0.1) is 18.7 Å². The number of para-hydroxylation sites is 1. The Morgan fingerprint density at radius 2 is 1.94 bits per heavy atom. The highest BCUT2D eigenvalue weighted by atomic mass is 16.5. The molecule has 1 saturated heterocycles. The van der Waals surface area contributed by atoms with Gasteiger partial charge in [0.2, 0.25) is 5.95 Å². The molecule has 1 aromatic carbocycles. The summed E-state index contributed by atoms with van der Waals surface area (Å²) in [4.78, 5) is 11.1. The van der Waals surface area contributed by atoms with Crippen molar-refractivity contribution in [1.29, 1.82) is 0 Å². The number of hydrogen-bond donors (Lipinski definition) is 0. The van der Waals surface area contributed by atoms with Crippen molar-refractivity contribution in [2.75, 3.05) is 31.2 Å². The molecule has 0 radical (unpaired) electrons. The van der Waals surface area contributed by atoms with Crippen LogP contribution >= 0.6 is 0 Å². The molecule has 3 rings (SSSR count). The van der Waals surface area contributed by atoms with E-state index < -0.39 is 0 Å². The van der Waals surface area contributed by atoms with Crippen LogP contribution in [0.25, 0.3) is 10.9 Å². The average Bonchev–Trinajstić information content (AvgIpc) is 2.39. The van der Waals surface area contributed by atoms with Gasteiger partial charge in [0.25, 0.3) is 0 Å². The molecule has 1 fully saturated rings. The number of rotatable bonds is 1. The molecule has 2 aromatic rings. The fourth-order valence-corrected chi connectivity index (χ4v) is 1.88. The smallest absolute Gasteiger partial charge is 0.226 e. The molecule has 4 nitrogen and oxygen atoms in total. The second-order valence-electron chi connectivity index (χ2n) is 3.83. The minimum Gasteiger partial charge on any atom is -0.378 e. The van der Waals surface area contributed by atoms with Crippen LogP contribution in [0.5, 0.6) is 0 Å². The lowest BCUT2D eigenvalue weighted by Gasteiger charge is -2.26. The number of aromatic nitrogens is 2. The number of benzene rings is 1. The number of nitrogens with zero attached hydrogens (tertiary/aromatic N) is 3. The zero-order chi connectivity index (χ0) is 10.8. The van der Waals surface area contributed by atoms with Crippen molar-refractivity contribution in [3.63, 3.8) is 0 Å². The number of hydrogen-bond acceptors (Lipinski definition) is 4. The summed E-state index contributed by atoms with van der Waals surface area (Å²) in [5.74, 6) is 0.807. The Labute approximate surface area is 93.9 Å². The topological polar surface area (TPSA) is 38.2 Å². The standard InChI is InChI=1S/C12H13N3O/c1-2-4-11-10(3-1)9-13-12(14-11)15-5-7-16-8-6-15/h1-4,9H,5-8H2. The van der Waals surface area contributed by atoms with Crippen LogP contribution < -0.4 is 4.90 Å². The average molecular weight is 215 g/mol. The van der Waals surface area contributed by atoms with E-state index in [0.717, 1.165) is 43.2 Å². The third-order valence-corrected chi connectivity index (χ3v) is 2.77. The molecule has 0 bridgehead atoms. The second kappa shape index (κ2) is 4.06. The van der Waals surface area contributed by atoms with E-state index in [2.05, 4.69) is 14.9 Å². The zero-order valence-corrected chi connectivity index (χ0v) is 8.97. The Balaban J connectivity index is 1.97. The van der Waals surface area contributed by atoms with Gasteiger partial charge in [-0.25, -0.2) is 9.97 Å². The summed E-state index contributed by atoms with van der Waals surface area (Å²) in [5.41, 5.74) is 0.999. The molecule has 0 atom stereocenters. The third-order valence-electron chi connectivity index (χ3n) is 2.77. The first-order valence-corrected chi connectivity index (χ1v) is 5.48. The maximum absolute atomic E-state index is 5.31. The van der Waals surface area contributed by atoms with Gasteiger partial charge in [0.1, 0.15) is 0 Å². The highest BCUT2D eigenvalue weighted by Crippen LogP contribution is 2.15. The minimum absolute atomic E-state index is 0.760. The van der Waals surface area contributed by atoms with Gasteiger partial charge in [0, 0.05) is 24.7 Å². The van der Waals surface area contributed by atoms with Gasteiger partial charge in [-0.2, -0.15) is 0 Å². The highest BCUT2D eigenvalue weighted by molar-refractivity contribution is 5.78. The molecule has 0 aliphatic carbocycles. The SMILES string of the molecule is c1ccc2nc(N3CCOCC3)ncc2c1. The molecule has 82 valence electrons. The molecule has 1 aromatic heterocycles. The Bertz CT molecular complexity index is 494. The molecular weight excluding hydrogens is 202 g/mol. The summed E-state index contributed by atoms with van der Waals surface area (Å²) in [6.45, 7) is 3.27. The van der Waals surface area contributed by atoms with Gasteiger partial charge < -0.3 is 9.64 Å². The summed E-state index contributed by atoms with van der Waals surface area (Å²) in [6.07, 6.45) is 1.88. The first kappa shape index (κ1) is 9.54. The molecular formula is C12H13N3O. The molecule has 4 heteroatoms. The van der Waals surface area contributed by atoms with Crippen LogP contribution in [0.4, 0.5) is 5.95 Å². The molecule has 0 unspecified atom stereocenters.